The maximum Gasteiger partial charge on any atom is 0.293 e. The number of rotatable bonds is 6. The van der Waals surface area contributed by atoms with Crippen LogP contribution >= 0.6 is 46.6 Å². The predicted octanol–water partition coefficient (Wildman–Crippen LogP) is 7.46. The minimum atomic E-state index is -0.412. The zero-order chi connectivity index (χ0) is 22.7. The molecule has 8 heteroatoms. The van der Waals surface area contributed by atoms with Crippen molar-refractivity contribution in [2.45, 2.75) is 13.2 Å². The molecule has 0 saturated carbocycles. The zero-order valence-electron chi connectivity index (χ0n) is 16.6. The number of carbonyl (C=O) groups is 2. The number of nitrogens with zero attached hydrogens (tertiary/aromatic N) is 1. The molecule has 0 atom stereocenters. The fourth-order valence-corrected chi connectivity index (χ4v) is 4.73. The van der Waals surface area contributed by atoms with Gasteiger partial charge in [0, 0.05) is 15.6 Å². The Morgan fingerprint density at radius 2 is 1.62 bits per heavy atom. The van der Waals surface area contributed by atoms with Gasteiger partial charge < -0.3 is 4.74 Å². The summed E-state index contributed by atoms with van der Waals surface area (Å²) in [5.41, 5.74) is 2.17. The SMILES string of the molecule is O=C1S/C(=C\c2cc(Cl)cc(Cl)c2OCc2ccccc2)C(=O)N1Cc1ccccc1Cl. The highest BCUT2D eigenvalue weighted by atomic mass is 35.5. The molecule has 1 saturated heterocycles. The van der Waals surface area contributed by atoms with E-state index in [1.165, 1.54) is 0 Å². The molecule has 32 heavy (non-hydrogen) atoms. The smallest absolute Gasteiger partial charge is 0.293 e. The lowest BCUT2D eigenvalue weighted by molar-refractivity contribution is -0.123. The average molecular weight is 505 g/mol. The lowest BCUT2D eigenvalue weighted by atomic mass is 10.1. The molecule has 0 aliphatic carbocycles. The fraction of sp³-hybridized carbons (Fsp3) is 0.0833. The van der Waals surface area contributed by atoms with Crippen molar-refractivity contribution < 1.29 is 14.3 Å². The lowest BCUT2D eigenvalue weighted by Gasteiger charge is -2.14. The molecule has 0 N–H and O–H groups in total. The van der Waals surface area contributed by atoms with Gasteiger partial charge in [0.2, 0.25) is 0 Å². The Kier molecular flexibility index (Phi) is 7.11. The quantitative estimate of drug-likeness (QED) is 0.327. The molecule has 4 nitrogen and oxygen atoms in total. The summed E-state index contributed by atoms with van der Waals surface area (Å²) in [4.78, 5) is 26.9. The first-order valence-corrected chi connectivity index (χ1v) is 11.5. The van der Waals surface area contributed by atoms with Gasteiger partial charge in [-0.05, 0) is 47.2 Å². The molecular weight excluding hydrogens is 489 g/mol. The van der Waals surface area contributed by atoms with Crippen LogP contribution in [0.15, 0.2) is 71.6 Å². The molecule has 0 bridgehead atoms. The van der Waals surface area contributed by atoms with Crippen LogP contribution in [0, 0.1) is 0 Å². The number of hydrogen-bond acceptors (Lipinski definition) is 4. The Hall–Kier alpha value is -2.44. The molecule has 162 valence electrons. The molecular formula is C24H16Cl3NO3S. The summed E-state index contributed by atoms with van der Waals surface area (Å²) in [5, 5.41) is 0.827. The lowest BCUT2D eigenvalue weighted by Crippen LogP contribution is -2.27. The standard InChI is InChI=1S/C24H16Cl3NO3S/c25-18-10-17(22(20(27)12-18)31-14-15-6-2-1-3-7-15)11-21-23(29)28(24(30)32-21)13-16-8-4-5-9-19(16)26/h1-12H,13-14H2/b21-11-. The monoisotopic (exact) mass is 503 g/mol. The van der Waals surface area contributed by atoms with E-state index in [0.717, 1.165) is 22.2 Å². The second-order valence-electron chi connectivity index (χ2n) is 6.94. The number of carbonyl (C=O) groups excluding carboxylic acids is 2. The summed E-state index contributed by atoms with van der Waals surface area (Å²) >= 11 is 19.6. The second kappa shape index (κ2) is 10.0. The van der Waals surface area contributed by atoms with Crippen LogP contribution in [0.1, 0.15) is 16.7 Å². The number of imide groups is 1. The van der Waals surface area contributed by atoms with Crippen LogP contribution in [0.4, 0.5) is 4.79 Å². The Morgan fingerprint density at radius 1 is 0.906 bits per heavy atom. The van der Waals surface area contributed by atoms with Gasteiger partial charge >= 0.3 is 0 Å². The molecule has 2 amide bonds. The van der Waals surface area contributed by atoms with Crippen LogP contribution in [-0.2, 0) is 17.9 Å². The summed E-state index contributed by atoms with van der Waals surface area (Å²) in [6.07, 6.45) is 1.58. The first kappa shape index (κ1) is 22.7. The van der Waals surface area contributed by atoms with Crippen LogP contribution in [0.2, 0.25) is 15.1 Å². The van der Waals surface area contributed by atoms with Crippen molar-refractivity contribution in [1.29, 1.82) is 0 Å². The van der Waals surface area contributed by atoms with Gasteiger partial charge in [0.05, 0.1) is 16.5 Å². The van der Waals surface area contributed by atoms with Crippen molar-refractivity contribution in [2.24, 2.45) is 0 Å². The fourth-order valence-electron chi connectivity index (χ4n) is 3.14. The Bertz CT molecular complexity index is 1210. The van der Waals surface area contributed by atoms with E-state index in [0.29, 0.717) is 31.9 Å². The number of ether oxygens (including phenoxy) is 1. The van der Waals surface area contributed by atoms with Crippen molar-refractivity contribution in [2.75, 3.05) is 0 Å². The van der Waals surface area contributed by atoms with Crippen LogP contribution in [0.3, 0.4) is 0 Å². The highest BCUT2D eigenvalue weighted by molar-refractivity contribution is 8.18. The van der Waals surface area contributed by atoms with Crippen molar-refractivity contribution in [3.8, 4) is 5.75 Å². The van der Waals surface area contributed by atoms with Crippen molar-refractivity contribution in [3.63, 3.8) is 0 Å². The van der Waals surface area contributed by atoms with Crippen LogP contribution in [0.25, 0.3) is 6.08 Å². The molecule has 0 aromatic heterocycles. The molecule has 1 aliphatic rings. The number of amides is 2. The summed E-state index contributed by atoms with van der Waals surface area (Å²) < 4.78 is 5.95. The van der Waals surface area contributed by atoms with Crippen LogP contribution in [-0.4, -0.2) is 16.0 Å². The van der Waals surface area contributed by atoms with E-state index in [2.05, 4.69) is 0 Å². The van der Waals surface area contributed by atoms with Crippen LogP contribution in [0.5, 0.6) is 5.75 Å². The Balaban J connectivity index is 1.61. The Labute approximate surface area is 204 Å². The highest BCUT2D eigenvalue weighted by Crippen LogP contribution is 2.39. The minimum absolute atomic E-state index is 0.0926. The zero-order valence-corrected chi connectivity index (χ0v) is 19.6. The second-order valence-corrected chi connectivity index (χ2v) is 9.18. The van der Waals surface area contributed by atoms with Gasteiger partial charge in [0.15, 0.2) is 0 Å². The Morgan fingerprint density at radius 3 is 2.38 bits per heavy atom. The number of hydrogen-bond donors (Lipinski definition) is 0. The van der Waals surface area contributed by atoms with Gasteiger partial charge in [-0.3, -0.25) is 14.5 Å². The molecule has 0 radical (unpaired) electrons. The van der Waals surface area contributed by atoms with Crippen molar-refractivity contribution in [1.82, 2.24) is 4.90 Å². The topological polar surface area (TPSA) is 46.6 Å². The first-order valence-electron chi connectivity index (χ1n) is 9.57. The van der Waals surface area contributed by atoms with E-state index in [-0.39, 0.29) is 23.3 Å². The molecule has 1 heterocycles. The largest absolute Gasteiger partial charge is 0.487 e. The minimum Gasteiger partial charge on any atom is -0.487 e. The first-order chi connectivity index (χ1) is 15.4. The third-order valence-electron chi connectivity index (χ3n) is 4.71. The molecule has 3 aromatic rings. The van der Waals surface area contributed by atoms with E-state index >= 15 is 0 Å². The van der Waals surface area contributed by atoms with E-state index in [1.807, 2.05) is 30.3 Å². The molecule has 4 rings (SSSR count). The molecule has 0 unspecified atom stereocenters. The third-order valence-corrected chi connectivity index (χ3v) is 6.48. The van der Waals surface area contributed by atoms with Gasteiger partial charge in [0.25, 0.3) is 11.1 Å². The van der Waals surface area contributed by atoms with Crippen molar-refractivity contribution >= 4 is 63.8 Å². The van der Waals surface area contributed by atoms with Gasteiger partial charge in [-0.2, -0.15) is 0 Å². The summed E-state index contributed by atoms with van der Waals surface area (Å²) in [6, 6.07) is 19.9. The van der Waals surface area contributed by atoms with E-state index < -0.39 is 5.91 Å². The predicted molar refractivity (Wildman–Crippen MR) is 130 cm³/mol. The molecule has 0 spiro atoms. The highest BCUT2D eigenvalue weighted by Gasteiger charge is 2.35. The van der Waals surface area contributed by atoms with E-state index in [9.17, 15) is 9.59 Å². The van der Waals surface area contributed by atoms with Crippen molar-refractivity contribution in [3.05, 3.63) is 103 Å². The normalized spacial score (nSPS) is 15.0. The van der Waals surface area contributed by atoms with E-state index in [4.69, 9.17) is 39.5 Å². The van der Waals surface area contributed by atoms with Gasteiger partial charge in [-0.25, -0.2) is 0 Å². The van der Waals surface area contributed by atoms with E-state index in [1.54, 1.807) is 42.5 Å². The molecule has 3 aromatic carbocycles. The third kappa shape index (κ3) is 5.13. The summed E-state index contributed by atoms with van der Waals surface area (Å²) in [5.74, 6) is -0.0251. The maximum absolute atomic E-state index is 13.0. The molecule has 1 fully saturated rings. The molecule has 1 aliphatic heterocycles. The van der Waals surface area contributed by atoms with Gasteiger partial charge in [0.1, 0.15) is 12.4 Å². The van der Waals surface area contributed by atoms with Gasteiger partial charge in [-0.1, -0.05) is 83.3 Å². The number of thioether (sulfide) groups is 1. The van der Waals surface area contributed by atoms with Gasteiger partial charge in [-0.15, -0.1) is 0 Å². The maximum atomic E-state index is 13.0. The summed E-state index contributed by atoms with van der Waals surface area (Å²) in [7, 11) is 0. The van der Waals surface area contributed by atoms with Crippen LogP contribution < -0.4 is 4.74 Å². The average Bonchev–Trinajstić information content (AvgIpc) is 3.02. The number of halogens is 3. The number of benzene rings is 3. The summed E-state index contributed by atoms with van der Waals surface area (Å²) in [6.45, 7) is 0.381.